The molecule has 0 saturated carbocycles. The number of hydrogen-bond acceptors (Lipinski definition) is 1. The Morgan fingerprint density at radius 1 is 0.783 bits per heavy atom. The van der Waals surface area contributed by atoms with Gasteiger partial charge in [0, 0.05) is 0 Å². The van der Waals surface area contributed by atoms with E-state index in [1.165, 1.54) is 37.9 Å². The monoisotopic (exact) mass is 317 g/mol. The molecule has 0 aromatic heterocycles. The molecule has 4 rings (SSSR count). The second-order valence-electron chi connectivity index (χ2n) is 7.42. The number of benzene rings is 4. The zero-order valence-corrected chi connectivity index (χ0v) is 15.3. The van der Waals surface area contributed by atoms with Crippen molar-refractivity contribution in [2.75, 3.05) is 0 Å². The van der Waals surface area contributed by atoms with E-state index in [0.717, 1.165) is 0 Å². The van der Waals surface area contributed by atoms with Crippen molar-refractivity contribution >= 4 is 42.8 Å². The minimum Gasteiger partial charge on any atom is -0.418 e. The van der Waals surface area contributed by atoms with Crippen molar-refractivity contribution in [1.29, 1.82) is 0 Å². The summed E-state index contributed by atoms with van der Waals surface area (Å²) in [6, 6.07) is 20.0. The largest absolute Gasteiger partial charge is 0.418 e. The highest BCUT2D eigenvalue weighted by atomic mass is 28.2. The van der Waals surface area contributed by atoms with Crippen molar-refractivity contribution in [2.24, 2.45) is 5.41 Å². The van der Waals surface area contributed by atoms with Gasteiger partial charge in [0.2, 0.25) is 0 Å². The maximum atomic E-state index is 5.92. The highest BCUT2D eigenvalue weighted by Gasteiger charge is 2.27. The summed E-state index contributed by atoms with van der Waals surface area (Å²) < 4.78 is 5.92. The Labute approximate surface area is 140 Å². The lowest BCUT2D eigenvalue weighted by Crippen LogP contribution is -2.20. The number of hydrogen-bond donors (Lipinski definition) is 0. The standard InChI is InChI=1S/C21H21OSi/c1-21(2,3)20(22-23)17-12-10-15-8-7-13-5-4-6-14-9-11-16(17)19(15)18(13)14/h4-12,20H,23H2,1-3H3. The molecule has 4 aromatic rings. The predicted molar refractivity (Wildman–Crippen MR) is 102 cm³/mol. The van der Waals surface area contributed by atoms with E-state index in [-0.39, 0.29) is 11.5 Å². The van der Waals surface area contributed by atoms with Gasteiger partial charge in [-0.15, -0.1) is 0 Å². The van der Waals surface area contributed by atoms with Gasteiger partial charge in [0.1, 0.15) is 0 Å². The SMILES string of the molecule is CC(C)(C)C(O[SiH2])c1ccc2ccc3cccc4ccc1c2c34. The molecule has 115 valence electrons. The van der Waals surface area contributed by atoms with E-state index in [1.54, 1.807) is 10.5 Å². The summed E-state index contributed by atoms with van der Waals surface area (Å²) in [6.07, 6.45) is 0.0883. The zero-order valence-electron chi connectivity index (χ0n) is 13.9. The van der Waals surface area contributed by atoms with Crippen LogP contribution in [0.15, 0.2) is 54.6 Å². The van der Waals surface area contributed by atoms with Crippen molar-refractivity contribution in [3.8, 4) is 0 Å². The van der Waals surface area contributed by atoms with Gasteiger partial charge in [-0.05, 0) is 43.3 Å². The van der Waals surface area contributed by atoms with Crippen LogP contribution in [0.5, 0.6) is 0 Å². The summed E-state index contributed by atoms with van der Waals surface area (Å²) in [6.45, 7) is 6.72. The summed E-state index contributed by atoms with van der Waals surface area (Å²) in [5.74, 6) is 0. The smallest absolute Gasteiger partial charge is 0.175 e. The summed E-state index contributed by atoms with van der Waals surface area (Å²) in [4.78, 5) is 0. The molecule has 0 amide bonds. The van der Waals surface area contributed by atoms with Gasteiger partial charge in [0.05, 0.1) is 6.10 Å². The normalized spacial score (nSPS) is 14.1. The third-order valence-corrected chi connectivity index (χ3v) is 5.13. The van der Waals surface area contributed by atoms with Crippen LogP contribution in [0.3, 0.4) is 0 Å². The van der Waals surface area contributed by atoms with Gasteiger partial charge in [0.25, 0.3) is 0 Å². The van der Waals surface area contributed by atoms with Crippen LogP contribution in [0.1, 0.15) is 32.4 Å². The molecule has 1 unspecified atom stereocenters. The molecule has 0 aliphatic heterocycles. The van der Waals surface area contributed by atoms with Gasteiger partial charge in [0.15, 0.2) is 10.5 Å². The van der Waals surface area contributed by atoms with E-state index in [9.17, 15) is 0 Å². The highest BCUT2D eigenvalue weighted by Crippen LogP contribution is 2.42. The predicted octanol–water partition coefficient (Wildman–Crippen LogP) is 5.24. The first kappa shape index (κ1) is 14.7. The fraction of sp³-hybridized carbons (Fsp3) is 0.238. The first-order valence-corrected chi connectivity index (χ1v) is 8.66. The molecule has 1 nitrogen and oxygen atoms in total. The molecule has 23 heavy (non-hydrogen) atoms. The van der Waals surface area contributed by atoms with Crippen LogP contribution in [-0.2, 0) is 4.43 Å². The van der Waals surface area contributed by atoms with Crippen molar-refractivity contribution in [2.45, 2.75) is 26.9 Å². The van der Waals surface area contributed by atoms with E-state index in [2.05, 4.69) is 75.4 Å². The zero-order chi connectivity index (χ0) is 16.2. The Hall–Kier alpha value is -1.90. The van der Waals surface area contributed by atoms with Gasteiger partial charge < -0.3 is 4.43 Å². The first-order chi connectivity index (χ1) is 11.0. The van der Waals surface area contributed by atoms with Gasteiger partial charge >= 0.3 is 0 Å². The van der Waals surface area contributed by atoms with Crippen LogP contribution in [0.4, 0.5) is 0 Å². The quantitative estimate of drug-likeness (QED) is 0.363. The third-order valence-electron chi connectivity index (χ3n) is 4.80. The van der Waals surface area contributed by atoms with Crippen LogP contribution in [0, 0.1) is 5.41 Å². The van der Waals surface area contributed by atoms with E-state index >= 15 is 0 Å². The summed E-state index contributed by atoms with van der Waals surface area (Å²) in [7, 11) is 1.60. The highest BCUT2D eigenvalue weighted by molar-refractivity contribution is 6.23. The molecule has 1 radical (unpaired) electrons. The third kappa shape index (κ3) is 2.17. The summed E-state index contributed by atoms with van der Waals surface area (Å²) >= 11 is 0. The van der Waals surface area contributed by atoms with Crippen molar-refractivity contribution in [3.05, 3.63) is 60.2 Å². The molecule has 0 bridgehead atoms. The first-order valence-electron chi connectivity index (χ1n) is 8.08. The molecule has 0 saturated heterocycles. The molecule has 0 N–H and O–H groups in total. The van der Waals surface area contributed by atoms with E-state index < -0.39 is 0 Å². The minimum atomic E-state index is 0.0601. The fourth-order valence-corrected chi connectivity index (χ4v) is 4.47. The fourth-order valence-electron chi connectivity index (χ4n) is 3.79. The van der Waals surface area contributed by atoms with Gasteiger partial charge in [-0.3, -0.25) is 0 Å². The average molecular weight is 317 g/mol. The maximum Gasteiger partial charge on any atom is 0.175 e. The second kappa shape index (κ2) is 5.05. The molecule has 0 aliphatic rings. The second-order valence-corrected chi connectivity index (χ2v) is 7.76. The molecular formula is C21H21OSi. The van der Waals surface area contributed by atoms with Crippen molar-refractivity contribution in [1.82, 2.24) is 0 Å². The molecule has 0 fully saturated rings. The van der Waals surface area contributed by atoms with Crippen LogP contribution < -0.4 is 0 Å². The van der Waals surface area contributed by atoms with Gasteiger partial charge in [-0.1, -0.05) is 75.4 Å². The molecule has 0 spiro atoms. The Bertz CT molecular complexity index is 981. The lowest BCUT2D eigenvalue weighted by Gasteiger charge is -2.31. The molecule has 4 aromatic carbocycles. The molecule has 2 heteroatoms. The van der Waals surface area contributed by atoms with Gasteiger partial charge in [-0.25, -0.2) is 0 Å². The minimum absolute atomic E-state index is 0.0601. The molecule has 1 atom stereocenters. The topological polar surface area (TPSA) is 9.23 Å². The average Bonchev–Trinajstić information content (AvgIpc) is 2.53. The molecular weight excluding hydrogens is 296 g/mol. The van der Waals surface area contributed by atoms with Crippen LogP contribution in [-0.4, -0.2) is 10.5 Å². The van der Waals surface area contributed by atoms with Crippen molar-refractivity contribution < 1.29 is 4.43 Å². The van der Waals surface area contributed by atoms with E-state index in [4.69, 9.17) is 4.43 Å². The molecule has 0 aliphatic carbocycles. The van der Waals surface area contributed by atoms with Crippen LogP contribution in [0.25, 0.3) is 32.3 Å². The lowest BCUT2D eigenvalue weighted by molar-refractivity contribution is 0.0987. The lowest BCUT2D eigenvalue weighted by atomic mass is 9.81. The van der Waals surface area contributed by atoms with Gasteiger partial charge in [-0.2, -0.15) is 0 Å². The maximum absolute atomic E-state index is 5.92. The van der Waals surface area contributed by atoms with E-state index in [0.29, 0.717) is 0 Å². The van der Waals surface area contributed by atoms with Crippen molar-refractivity contribution in [3.63, 3.8) is 0 Å². The van der Waals surface area contributed by atoms with Crippen LogP contribution >= 0.6 is 0 Å². The Morgan fingerprint density at radius 3 is 1.96 bits per heavy atom. The summed E-state index contributed by atoms with van der Waals surface area (Å²) in [5.41, 5.74) is 1.35. The van der Waals surface area contributed by atoms with E-state index in [1.807, 2.05) is 0 Å². The number of rotatable bonds is 2. The summed E-state index contributed by atoms with van der Waals surface area (Å²) in [5, 5.41) is 7.98. The molecule has 0 heterocycles. The van der Waals surface area contributed by atoms with Crippen LogP contribution in [0.2, 0.25) is 0 Å². The Morgan fingerprint density at radius 2 is 1.35 bits per heavy atom. The Kier molecular flexibility index (Phi) is 3.22. The Balaban J connectivity index is 2.15.